The molecule has 0 saturated carbocycles. The summed E-state index contributed by atoms with van der Waals surface area (Å²) in [5.41, 5.74) is 5.35. The van der Waals surface area contributed by atoms with Crippen molar-refractivity contribution in [3.63, 3.8) is 0 Å². The molecule has 1 aliphatic heterocycles. The van der Waals surface area contributed by atoms with E-state index in [-0.39, 0.29) is 17.5 Å². The lowest BCUT2D eigenvalue weighted by Gasteiger charge is -2.42. The Morgan fingerprint density at radius 3 is 2.62 bits per heavy atom. The van der Waals surface area contributed by atoms with Crippen LogP contribution >= 0.6 is 0 Å². The van der Waals surface area contributed by atoms with Gasteiger partial charge in [0.1, 0.15) is 9.84 Å². The Bertz CT molecular complexity index is 327. The maximum Gasteiger partial charge on any atom is 0.148 e. The third-order valence-corrected chi connectivity index (χ3v) is 3.52. The molecule has 0 amide bonds. The maximum atomic E-state index is 11.1. The van der Waals surface area contributed by atoms with Crippen LogP contribution in [0.3, 0.4) is 0 Å². The molecule has 96 valence electrons. The molecule has 2 N–H and O–H groups in total. The van der Waals surface area contributed by atoms with Gasteiger partial charge in [0.25, 0.3) is 0 Å². The number of hydrogen-bond donors (Lipinski definition) is 1. The molecule has 1 rings (SSSR count). The van der Waals surface area contributed by atoms with Crippen molar-refractivity contribution in [1.29, 1.82) is 0 Å². The zero-order valence-corrected chi connectivity index (χ0v) is 11.1. The number of nitrogens with zero attached hydrogens (tertiary/aromatic N) is 1. The lowest BCUT2D eigenvalue weighted by molar-refractivity contribution is -0.130. The molecule has 0 bridgehead atoms. The Morgan fingerprint density at radius 1 is 1.50 bits per heavy atom. The van der Waals surface area contributed by atoms with Gasteiger partial charge in [-0.2, -0.15) is 0 Å². The summed E-state index contributed by atoms with van der Waals surface area (Å²) >= 11 is 0. The number of nitrogens with two attached hydrogens (primary N) is 1. The molecule has 0 spiro atoms. The van der Waals surface area contributed by atoms with E-state index in [0.29, 0.717) is 13.1 Å². The summed E-state index contributed by atoms with van der Waals surface area (Å²) in [7, 11) is -2.90. The van der Waals surface area contributed by atoms with Crippen LogP contribution < -0.4 is 5.73 Å². The van der Waals surface area contributed by atoms with E-state index in [1.54, 1.807) is 0 Å². The molecular formula is C10H22N2O3S. The minimum absolute atomic E-state index is 0.00307. The van der Waals surface area contributed by atoms with E-state index in [4.69, 9.17) is 10.5 Å². The smallest absolute Gasteiger partial charge is 0.148 e. The second-order valence-electron chi connectivity index (χ2n) is 5.10. The van der Waals surface area contributed by atoms with E-state index in [1.165, 1.54) is 6.26 Å². The first-order valence-corrected chi connectivity index (χ1v) is 7.56. The van der Waals surface area contributed by atoms with Crippen LogP contribution in [0.25, 0.3) is 0 Å². The molecule has 6 heteroatoms. The maximum absolute atomic E-state index is 11.1. The van der Waals surface area contributed by atoms with Crippen molar-refractivity contribution in [3.05, 3.63) is 0 Å². The van der Waals surface area contributed by atoms with Gasteiger partial charge in [-0.3, -0.25) is 4.90 Å². The molecule has 0 aromatic carbocycles. The van der Waals surface area contributed by atoms with Crippen LogP contribution in [0, 0.1) is 0 Å². The minimum Gasteiger partial charge on any atom is -0.368 e. The molecule has 1 aliphatic rings. The highest BCUT2D eigenvalue weighted by atomic mass is 32.2. The van der Waals surface area contributed by atoms with E-state index in [2.05, 4.69) is 4.90 Å². The highest BCUT2D eigenvalue weighted by Gasteiger charge is 2.32. The summed E-state index contributed by atoms with van der Waals surface area (Å²) in [5, 5.41) is 0. The lowest BCUT2D eigenvalue weighted by Crippen LogP contribution is -2.55. The number of sulfone groups is 1. The molecule has 16 heavy (non-hydrogen) atoms. The van der Waals surface area contributed by atoms with Gasteiger partial charge in [0.2, 0.25) is 0 Å². The molecule has 1 fully saturated rings. The molecular weight excluding hydrogens is 228 g/mol. The van der Waals surface area contributed by atoms with E-state index >= 15 is 0 Å². The third-order valence-electron chi connectivity index (χ3n) is 2.59. The van der Waals surface area contributed by atoms with Gasteiger partial charge < -0.3 is 10.5 Å². The van der Waals surface area contributed by atoms with Crippen LogP contribution in [-0.2, 0) is 14.6 Å². The van der Waals surface area contributed by atoms with Gasteiger partial charge in [0.05, 0.1) is 17.5 Å². The van der Waals surface area contributed by atoms with E-state index in [9.17, 15) is 8.42 Å². The fourth-order valence-electron chi connectivity index (χ4n) is 2.00. The van der Waals surface area contributed by atoms with Crippen molar-refractivity contribution >= 4 is 9.84 Å². The molecule has 1 heterocycles. The first-order valence-electron chi connectivity index (χ1n) is 5.50. The van der Waals surface area contributed by atoms with Gasteiger partial charge in [-0.15, -0.1) is 0 Å². The van der Waals surface area contributed by atoms with Gasteiger partial charge in [-0.1, -0.05) is 0 Å². The van der Waals surface area contributed by atoms with E-state index < -0.39 is 9.84 Å². The van der Waals surface area contributed by atoms with Crippen LogP contribution in [0.15, 0.2) is 0 Å². The SMILES string of the molecule is CC1(C)CN(CCS(C)(=O)=O)CC(CN)O1. The van der Waals surface area contributed by atoms with Crippen LogP contribution in [-0.4, -0.2) is 63.2 Å². The van der Waals surface area contributed by atoms with Crippen molar-refractivity contribution in [2.45, 2.75) is 25.6 Å². The third kappa shape index (κ3) is 4.78. The summed E-state index contributed by atoms with van der Waals surface area (Å²) in [4.78, 5) is 2.11. The quantitative estimate of drug-likeness (QED) is 0.726. The summed E-state index contributed by atoms with van der Waals surface area (Å²) in [6.07, 6.45) is 1.27. The summed E-state index contributed by atoms with van der Waals surface area (Å²) in [6, 6.07) is 0. The number of ether oxygens (including phenoxy) is 1. The molecule has 0 aromatic heterocycles. The highest BCUT2D eigenvalue weighted by Crippen LogP contribution is 2.20. The van der Waals surface area contributed by atoms with Crippen LogP contribution in [0.5, 0.6) is 0 Å². The topological polar surface area (TPSA) is 72.6 Å². The molecule has 1 unspecified atom stereocenters. The van der Waals surface area contributed by atoms with Gasteiger partial charge in [-0.25, -0.2) is 8.42 Å². The van der Waals surface area contributed by atoms with Crippen LogP contribution in [0.2, 0.25) is 0 Å². The largest absolute Gasteiger partial charge is 0.368 e. The number of morpholine rings is 1. The molecule has 0 radical (unpaired) electrons. The van der Waals surface area contributed by atoms with Crippen LogP contribution in [0.1, 0.15) is 13.8 Å². The summed E-state index contributed by atoms with van der Waals surface area (Å²) < 4.78 is 28.0. The zero-order valence-electron chi connectivity index (χ0n) is 10.3. The zero-order chi connectivity index (χ0) is 12.4. The molecule has 1 saturated heterocycles. The first-order chi connectivity index (χ1) is 7.22. The predicted molar refractivity (Wildman–Crippen MR) is 64.2 cm³/mol. The Balaban J connectivity index is 2.53. The van der Waals surface area contributed by atoms with E-state index in [0.717, 1.165) is 13.1 Å². The first kappa shape index (κ1) is 13.9. The highest BCUT2D eigenvalue weighted by molar-refractivity contribution is 7.90. The molecule has 5 nitrogen and oxygen atoms in total. The second kappa shape index (κ2) is 5.00. The lowest BCUT2D eigenvalue weighted by atomic mass is 10.1. The molecule has 1 atom stereocenters. The van der Waals surface area contributed by atoms with Crippen LogP contribution in [0.4, 0.5) is 0 Å². The summed E-state index contributed by atoms with van der Waals surface area (Å²) in [6.45, 7) is 6.50. The van der Waals surface area contributed by atoms with Crippen molar-refractivity contribution in [2.24, 2.45) is 5.73 Å². The van der Waals surface area contributed by atoms with Crippen molar-refractivity contribution in [2.75, 3.05) is 38.2 Å². The van der Waals surface area contributed by atoms with E-state index in [1.807, 2.05) is 13.8 Å². The monoisotopic (exact) mass is 250 g/mol. The Morgan fingerprint density at radius 2 is 2.12 bits per heavy atom. The fourth-order valence-corrected chi connectivity index (χ4v) is 2.59. The van der Waals surface area contributed by atoms with Gasteiger partial charge in [-0.05, 0) is 13.8 Å². The van der Waals surface area contributed by atoms with Gasteiger partial charge >= 0.3 is 0 Å². The average molecular weight is 250 g/mol. The Kier molecular flexibility index (Phi) is 4.34. The van der Waals surface area contributed by atoms with Gasteiger partial charge in [0.15, 0.2) is 0 Å². The van der Waals surface area contributed by atoms with Gasteiger partial charge in [0, 0.05) is 32.4 Å². The minimum atomic E-state index is -2.90. The molecule has 0 aromatic rings. The normalized spacial score (nSPS) is 26.9. The average Bonchev–Trinajstić information content (AvgIpc) is 2.11. The Hall–Kier alpha value is -0.170. The Labute approximate surface area is 97.9 Å². The number of rotatable bonds is 4. The van der Waals surface area contributed by atoms with Crippen molar-refractivity contribution < 1.29 is 13.2 Å². The fraction of sp³-hybridized carbons (Fsp3) is 1.00. The summed E-state index contributed by atoms with van der Waals surface area (Å²) in [5.74, 6) is 0.195. The number of hydrogen-bond acceptors (Lipinski definition) is 5. The van der Waals surface area contributed by atoms with Crippen molar-refractivity contribution in [3.8, 4) is 0 Å². The predicted octanol–water partition coefficient (Wildman–Crippen LogP) is -0.531. The second-order valence-corrected chi connectivity index (χ2v) is 7.36. The molecule has 0 aliphatic carbocycles. The van der Waals surface area contributed by atoms with Crippen molar-refractivity contribution in [1.82, 2.24) is 4.90 Å². The standard InChI is InChI=1S/C10H22N2O3S/c1-10(2)8-12(4-5-16(3,13)14)7-9(6-11)15-10/h9H,4-8,11H2,1-3H3.